The van der Waals surface area contributed by atoms with Gasteiger partial charge in [-0.1, -0.05) is 12.1 Å². The van der Waals surface area contributed by atoms with Crippen LogP contribution in [-0.4, -0.2) is 29.9 Å². The van der Waals surface area contributed by atoms with Gasteiger partial charge in [0, 0.05) is 22.7 Å². The predicted octanol–water partition coefficient (Wildman–Crippen LogP) is 2.17. The average Bonchev–Trinajstić information content (AvgIpc) is 2.38. The molecular formula is C14H19IN2O. The van der Waals surface area contributed by atoms with Crippen LogP contribution in [0.1, 0.15) is 24.8 Å². The molecule has 1 heterocycles. The Labute approximate surface area is 122 Å². The molecule has 0 aromatic heterocycles. The van der Waals surface area contributed by atoms with E-state index in [2.05, 4.69) is 28.7 Å². The first-order chi connectivity index (χ1) is 8.70. The molecular weight excluding hydrogens is 339 g/mol. The highest BCUT2D eigenvalue weighted by molar-refractivity contribution is 14.1. The second kappa shape index (κ2) is 6.52. The lowest BCUT2D eigenvalue weighted by Crippen LogP contribution is -2.48. The van der Waals surface area contributed by atoms with Crippen LogP contribution in [-0.2, 0) is 11.2 Å². The van der Waals surface area contributed by atoms with Crippen molar-refractivity contribution in [1.82, 2.24) is 4.90 Å². The molecule has 0 spiro atoms. The summed E-state index contributed by atoms with van der Waals surface area (Å²) in [4.78, 5) is 14.3. The molecule has 0 bridgehead atoms. The third-order valence-corrected chi connectivity index (χ3v) is 4.13. The summed E-state index contributed by atoms with van der Waals surface area (Å²) >= 11 is 2.27. The summed E-state index contributed by atoms with van der Waals surface area (Å²) in [6.07, 6.45) is 3.84. The van der Waals surface area contributed by atoms with Crippen molar-refractivity contribution in [1.29, 1.82) is 0 Å². The number of benzene rings is 1. The van der Waals surface area contributed by atoms with Crippen molar-refractivity contribution in [2.45, 2.75) is 31.7 Å². The second-order valence-electron chi connectivity index (χ2n) is 4.78. The molecule has 3 nitrogen and oxygen atoms in total. The molecule has 2 N–H and O–H groups in total. The van der Waals surface area contributed by atoms with E-state index < -0.39 is 0 Å². The molecule has 4 heteroatoms. The largest absolute Gasteiger partial charge is 0.338 e. The molecule has 1 unspecified atom stereocenters. The summed E-state index contributed by atoms with van der Waals surface area (Å²) in [6.45, 7) is 1.45. The molecule has 18 heavy (non-hydrogen) atoms. The van der Waals surface area contributed by atoms with Crippen LogP contribution < -0.4 is 5.73 Å². The van der Waals surface area contributed by atoms with Crippen molar-refractivity contribution in [2.75, 3.05) is 13.1 Å². The Bertz CT molecular complexity index is 422. The Balaban J connectivity index is 2.02. The van der Waals surface area contributed by atoms with Gasteiger partial charge in [0.2, 0.25) is 5.91 Å². The van der Waals surface area contributed by atoms with Crippen LogP contribution in [0, 0.1) is 3.57 Å². The van der Waals surface area contributed by atoms with E-state index in [1.807, 2.05) is 23.1 Å². The number of likely N-dealkylation sites (tertiary alicyclic amines) is 1. The summed E-state index contributed by atoms with van der Waals surface area (Å²) in [7, 11) is 0. The van der Waals surface area contributed by atoms with E-state index in [0.717, 1.165) is 24.9 Å². The van der Waals surface area contributed by atoms with E-state index in [1.54, 1.807) is 0 Å². The van der Waals surface area contributed by atoms with Crippen LogP contribution >= 0.6 is 22.6 Å². The third-order valence-electron chi connectivity index (χ3n) is 3.46. The Morgan fingerprint density at radius 3 is 3.00 bits per heavy atom. The smallest absolute Gasteiger partial charge is 0.227 e. The Morgan fingerprint density at radius 1 is 1.44 bits per heavy atom. The molecule has 98 valence electrons. The van der Waals surface area contributed by atoms with Crippen LogP contribution in [0.5, 0.6) is 0 Å². The molecule has 0 radical (unpaired) electrons. The van der Waals surface area contributed by atoms with E-state index >= 15 is 0 Å². The summed E-state index contributed by atoms with van der Waals surface area (Å²) in [6, 6.07) is 8.37. The van der Waals surface area contributed by atoms with Crippen molar-refractivity contribution < 1.29 is 4.79 Å². The molecule has 1 amide bonds. The number of carbonyl (C=O) groups excluding carboxylic acids is 1. The van der Waals surface area contributed by atoms with Gasteiger partial charge in [0.05, 0.1) is 6.42 Å². The molecule has 1 aliphatic heterocycles. The normalized spacial score (nSPS) is 19.9. The fourth-order valence-corrected chi connectivity index (χ4v) is 3.10. The minimum atomic E-state index is 0.215. The number of hydrogen-bond acceptors (Lipinski definition) is 2. The second-order valence-corrected chi connectivity index (χ2v) is 6.02. The zero-order chi connectivity index (χ0) is 13.0. The highest BCUT2D eigenvalue weighted by atomic mass is 127. The zero-order valence-electron chi connectivity index (χ0n) is 10.4. The van der Waals surface area contributed by atoms with Crippen LogP contribution in [0.2, 0.25) is 0 Å². The van der Waals surface area contributed by atoms with Gasteiger partial charge in [0.15, 0.2) is 0 Å². The molecule has 1 fully saturated rings. The van der Waals surface area contributed by atoms with Crippen LogP contribution in [0.25, 0.3) is 0 Å². The number of amides is 1. The van der Waals surface area contributed by atoms with E-state index in [4.69, 9.17) is 5.73 Å². The standard InChI is InChI=1S/C14H19IN2O/c15-12-5-3-4-11(8-12)9-14(18)17-7-2-1-6-13(17)10-16/h3-5,8,13H,1-2,6-7,9-10,16H2. The maximum atomic E-state index is 12.3. The van der Waals surface area contributed by atoms with Crippen molar-refractivity contribution >= 4 is 28.5 Å². The third kappa shape index (κ3) is 3.45. The van der Waals surface area contributed by atoms with Gasteiger partial charge < -0.3 is 10.6 Å². The average molecular weight is 358 g/mol. The first kappa shape index (κ1) is 13.8. The van der Waals surface area contributed by atoms with Crippen LogP contribution in [0.15, 0.2) is 24.3 Å². The highest BCUT2D eigenvalue weighted by Crippen LogP contribution is 2.18. The molecule has 1 aromatic rings. The monoisotopic (exact) mass is 358 g/mol. The van der Waals surface area contributed by atoms with Gasteiger partial charge >= 0.3 is 0 Å². The van der Waals surface area contributed by atoms with E-state index in [0.29, 0.717) is 13.0 Å². The number of hydrogen-bond donors (Lipinski definition) is 1. The maximum Gasteiger partial charge on any atom is 0.227 e. The van der Waals surface area contributed by atoms with Gasteiger partial charge in [-0.05, 0) is 59.5 Å². The van der Waals surface area contributed by atoms with Crippen molar-refractivity contribution in [3.8, 4) is 0 Å². The first-order valence-electron chi connectivity index (χ1n) is 6.44. The molecule has 1 saturated heterocycles. The summed E-state index contributed by atoms with van der Waals surface area (Å²) in [5.74, 6) is 0.215. The van der Waals surface area contributed by atoms with Crippen molar-refractivity contribution in [3.05, 3.63) is 33.4 Å². The fourth-order valence-electron chi connectivity index (χ4n) is 2.50. The summed E-state index contributed by atoms with van der Waals surface area (Å²) < 4.78 is 1.17. The number of carbonyl (C=O) groups is 1. The summed E-state index contributed by atoms with van der Waals surface area (Å²) in [5, 5.41) is 0. The van der Waals surface area contributed by atoms with Gasteiger partial charge in [-0.25, -0.2) is 0 Å². The first-order valence-corrected chi connectivity index (χ1v) is 7.52. The van der Waals surface area contributed by atoms with Gasteiger partial charge in [0.25, 0.3) is 0 Å². The van der Waals surface area contributed by atoms with E-state index in [9.17, 15) is 4.79 Å². The van der Waals surface area contributed by atoms with Crippen LogP contribution in [0.3, 0.4) is 0 Å². The zero-order valence-corrected chi connectivity index (χ0v) is 12.6. The lowest BCUT2D eigenvalue weighted by atomic mass is 10.0. The Morgan fingerprint density at radius 2 is 2.28 bits per heavy atom. The molecule has 0 saturated carbocycles. The Hall–Kier alpha value is -0.620. The number of rotatable bonds is 3. The molecule has 1 aromatic carbocycles. The lowest BCUT2D eigenvalue weighted by Gasteiger charge is -2.35. The number of nitrogens with two attached hydrogens (primary N) is 1. The quantitative estimate of drug-likeness (QED) is 0.842. The minimum Gasteiger partial charge on any atom is -0.338 e. The van der Waals surface area contributed by atoms with Crippen molar-refractivity contribution in [3.63, 3.8) is 0 Å². The lowest BCUT2D eigenvalue weighted by molar-refractivity contribution is -0.133. The molecule has 2 rings (SSSR count). The van der Waals surface area contributed by atoms with E-state index in [-0.39, 0.29) is 11.9 Å². The SMILES string of the molecule is NCC1CCCCN1C(=O)Cc1cccc(I)c1. The molecule has 1 aliphatic rings. The fraction of sp³-hybridized carbons (Fsp3) is 0.500. The number of halogens is 1. The van der Waals surface area contributed by atoms with Gasteiger partial charge in [0.1, 0.15) is 0 Å². The Kier molecular flexibility index (Phi) is 5.00. The maximum absolute atomic E-state index is 12.3. The van der Waals surface area contributed by atoms with Crippen LogP contribution in [0.4, 0.5) is 0 Å². The van der Waals surface area contributed by atoms with Gasteiger partial charge in [-0.3, -0.25) is 4.79 Å². The summed E-state index contributed by atoms with van der Waals surface area (Å²) in [5.41, 5.74) is 6.84. The topological polar surface area (TPSA) is 46.3 Å². The molecule has 1 atom stereocenters. The minimum absolute atomic E-state index is 0.215. The number of piperidine rings is 1. The van der Waals surface area contributed by atoms with E-state index in [1.165, 1.54) is 9.99 Å². The highest BCUT2D eigenvalue weighted by Gasteiger charge is 2.25. The predicted molar refractivity (Wildman–Crippen MR) is 81.3 cm³/mol. The van der Waals surface area contributed by atoms with Gasteiger partial charge in [-0.2, -0.15) is 0 Å². The van der Waals surface area contributed by atoms with Crippen molar-refractivity contribution in [2.24, 2.45) is 5.73 Å². The van der Waals surface area contributed by atoms with Gasteiger partial charge in [-0.15, -0.1) is 0 Å². The number of nitrogens with zero attached hydrogens (tertiary/aromatic N) is 1. The molecule has 0 aliphatic carbocycles.